The molecule has 4 rings (SSSR count). The summed E-state index contributed by atoms with van der Waals surface area (Å²) >= 11 is 9.69. The Hall–Kier alpha value is -1.98. The van der Waals surface area contributed by atoms with Crippen LogP contribution in [0.25, 0.3) is 10.9 Å². The van der Waals surface area contributed by atoms with Crippen molar-refractivity contribution in [3.8, 4) is 0 Å². The van der Waals surface area contributed by atoms with E-state index in [0.29, 0.717) is 15.9 Å². The van der Waals surface area contributed by atoms with E-state index < -0.39 is 9.84 Å². The van der Waals surface area contributed by atoms with Gasteiger partial charge in [-0.2, -0.15) is 0 Å². The highest BCUT2D eigenvalue weighted by Crippen LogP contribution is 2.27. The van der Waals surface area contributed by atoms with Gasteiger partial charge in [-0.15, -0.1) is 0 Å². The topological polar surface area (TPSA) is 87.5 Å². The fourth-order valence-corrected chi connectivity index (χ4v) is 5.45. The van der Waals surface area contributed by atoms with Gasteiger partial charge in [0.1, 0.15) is 6.33 Å². The van der Waals surface area contributed by atoms with Crippen LogP contribution in [0, 0.1) is 0 Å². The Morgan fingerprint density at radius 1 is 1.15 bits per heavy atom. The number of rotatable bonds is 6. The summed E-state index contributed by atoms with van der Waals surface area (Å²) in [5, 5.41) is 0.770. The van der Waals surface area contributed by atoms with Gasteiger partial charge in [0.25, 0.3) is 5.56 Å². The van der Waals surface area contributed by atoms with Gasteiger partial charge in [-0.05, 0) is 42.9 Å². The van der Waals surface area contributed by atoms with Gasteiger partial charge < -0.3 is 4.90 Å². The van der Waals surface area contributed by atoms with Crippen LogP contribution in [0.2, 0.25) is 5.02 Å². The molecule has 1 fully saturated rings. The lowest BCUT2D eigenvalue weighted by atomic mass is 10.1. The van der Waals surface area contributed by atoms with E-state index in [1.54, 1.807) is 13.0 Å². The Kier molecular flexibility index (Phi) is 7.11. The standard InChI is InChI=1S/C22H25BrClN5O3S/c1-3-33(31,32)21-5-4-16(24)11-20(21)26-29-14-25-19-10-15(18(23)12-17(19)22(29)30)13-28-8-6-27(2)7-9-28/h4-5,10-12,14,26H,3,6-9,13H2,1-2H3. The molecule has 0 amide bonds. The first-order chi connectivity index (χ1) is 15.7. The molecule has 0 bridgehead atoms. The summed E-state index contributed by atoms with van der Waals surface area (Å²) in [5.41, 5.74) is 4.39. The molecule has 176 valence electrons. The van der Waals surface area contributed by atoms with Gasteiger partial charge in [0.15, 0.2) is 9.84 Å². The third-order valence-corrected chi connectivity index (χ3v) is 8.57. The van der Waals surface area contributed by atoms with E-state index in [4.69, 9.17) is 11.6 Å². The zero-order valence-corrected chi connectivity index (χ0v) is 21.5. The molecule has 1 saturated heterocycles. The molecule has 2 heterocycles. The van der Waals surface area contributed by atoms with Crippen molar-refractivity contribution in [3.05, 3.63) is 62.1 Å². The highest BCUT2D eigenvalue weighted by molar-refractivity contribution is 9.10. The lowest BCUT2D eigenvalue weighted by molar-refractivity contribution is 0.148. The van der Waals surface area contributed by atoms with Crippen molar-refractivity contribution < 1.29 is 8.42 Å². The summed E-state index contributed by atoms with van der Waals surface area (Å²) in [6.45, 7) is 6.37. The molecule has 3 aromatic rings. The van der Waals surface area contributed by atoms with E-state index in [1.165, 1.54) is 29.2 Å². The Morgan fingerprint density at radius 3 is 2.58 bits per heavy atom. The van der Waals surface area contributed by atoms with E-state index in [9.17, 15) is 13.2 Å². The number of hydrogen-bond acceptors (Lipinski definition) is 7. The molecule has 8 nitrogen and oxygen atoms in total. The van der Waals surface area contributed by atoms with Gasteiger partial charge in [-0.3, -0.25) is 15.1 Å². The third kappa shape index (κ3) is 5.25. The average Bonchev–Trinajstić information content (AvgIpc) is 2.78. The summed E-state index contributed by atoms with van der Waals surface area (Å²) in [7, 11) is -1.40. The van der Waals surface area contributed by atoms with E-state index >= 15 is 0 Å². The van der Waals surface area contributed by atoms with Gasteiger partial charge in [0, 0.05) is 42.2 Å². The van der Waals surface area contributed by atoms with E-state index in [2.05, 4.69) is 43.2 Å². The SMILES string of the molecule is CCS(=O)(=O)c1ccc(Cl)cc1Nn1cnc2cc(CN3CCN(C)CC3)c(Br)cc2c1=O. The molecule has 0 spiro atoms. The quantitative estimate of drug-likeness (QED) is 0.501. The first kappa shape index (κ1) is 24.2. The number of nitrogens with one attached hydrogen (secondary N) is 1. The Balaban J connectivity index is 1.67. The van der Waals surface area contributed by atoms with Gasteiger partial charge in [0.2, 0.25) is 0 Å². The van der Waals surface area contributed by atoms with E-state index in [0.717, 1.165) is 42.8 Å². The fourth-order valence-electron chi connectivity index (χ4n) is 3.78. The molecule has 0 unspecified atom stereocenters. The molecule has 0 saturated carbocycles. The number of sulfone groups is 1. The number of hydrogen-bond donors (Lipinski definition) is 1. The number of halogens is 2. The number of piperazine rings is 1. The smallest absolute Gasteiger partial charge is 0.280 e. The Morgan fingerprint density at radius 2 is 1.88 bits per heavy atom. The average molecular weight is 555 g/mol. The van der Waals surface area contributed by atoms with Gasteiger partial charge >= 0.3 is 0 Å². The summed E-state index contributed by atoms with van der Waals surface area (Å²) in [5.74, 6) is -0.0722. The summed E-state index contributed by atoms with van der Waals surface area (Å²) in [6.07, 6.45) is 1.36. The van der Waals surface area contributed by atoms with Crippen LogP contribution in [0.1, 0.15) is 12.5 Å². The molecule has 1 aliphatic rings. The lowest BCUT2D eigenvalue weighted by Crippen LogP contribution is -2.43. The Labute approximate surface area is 206 Å². The van der Waals surface area contributed by atoms with Crippen molar-refractivity contribution in [2.75, 3.05) is 44.4 Å². The van der Waals surface area contributed by atoms with Gasteiger partial charge in [0.05, 0.1) is 27.2 Å². The molecule has 0 aliphatic carbocycles. The second-order valence-corrected chi connectivity index (χ2v) is 11.7. The predicted octanol–water partition coefficient (Wildman–Crippen LogP) is 3.23. The predicted molar refractivity (Wildman–Crippen MR) is 135 cm³/mol. The molecule has 1 aliphatic heterocycles. The number of benzene rings is 2. The molecule has 1 N–H and O–H groups in total. The zero-order valence-electron chi connectivity index (χ0n) is 18.4. The molecule has 33 heavy (non-hydrogen) atoms. The normalized spacial score (nSPS) is 15.8. The van der Waals surface area contributed by atoms with Crippen molar-refractivity contribution in [2.24, 2.45) is 0 Å². The van der Waals surface area contributed by atoms with Crippen LogP contribution in [0.5, 0.6) is 0 Å². The first-order valence-electron chi connectivity index (χ1n) is 10.6. The molecule has 0 radical (unpaired) electrons. The molecule has 11 heteroatoms. The van der Waals surface area contributed by atoms with Crippen LogP contribution in [0.4, 0.5) is 5.69 Å². The number of fused-ring (bicyclic) bond motifs is 1. The number of aromatic nitrogens is 2. The van der Waals surface area contributed by atoms with Crippen LogP contribution in [0.3, 0.4) is 0 Å². The number of anilines is 1. The van der Waals surface area contributed by atoms with Crippen molar-refractivity contribution in [1.82, 2.24) is 19.5 Å². The van der Waals surface area contributed by atoms with Gasteiger partial charge in [-0.25, -0.2) is 18.1 Å². The van der Waals surface area contributed by atoms with Crippen molar-refractivity contribution in [2.45, 2.75) is 18.4 Å². The number of nitrogens with zero attached hydrogens (tertiary/aromatic N) is 4. The monoisotopic (exact) mass is 553 g/mol. The van der Waals surface area contributed by atoms with Crippen LogP contribution < -0.4 is 11.0 Å². The van der Waals surface area contributed by atoms with E-state index in [1.807, 2.05) is 6.07 Å². The molecular weight excluding hydrogens is 530 g/mol. The first-order valence-corrected chi connectivity index (χ1v) is 13.4. The van der Waals surface area contributed by atoms with Crippen LogP contribution >= 0.6 is 27.5 Å². The highest BCUT2D eigenvalue weighted by Gasteiger charge is 2.19. The van der Waals surface area contributed by atoms with E-state index in [-0.39, 0.29) is 21.9 Å². The van der Waals surface area contributed by atoms with Gasteiger partial charge in [-0.1, -0.05) is 34.5 Å². The van der Waals surface area contributed by atoms with Crippen molar-refractivity contribution in [3.63, 3.8) is 0 Å². The maximum Gasteiger partial charge on any atom is 0.280 e. The maximum atomic E-state index is 13.2. The van der Waals surface area contributed by atoms with Crippen molar-refractivity contribution in [1.29, 1.82) is 0 Å². The van der Waals surface area contributed by atoms with Crippen LogP contribution in [-0.4, -0.2) is 66.9 Å². The van der Waals surface area contributed by atoms with Crippen LogP contribution in [0.15, 0.2) is 50.8 Å². The Bertz CT molecular complexity index is 1350. The molecular formula is C22H25BrClN5O3S. The molecule has 2 aromatic carbocycles. The minimum Gasteiger partial charge on any atom is -0.304 e. The second-order valence-electron chi connectivity index (χ2n) is 8.12. The highest BCUT2D eigenvalue weighted by atomic mass is 79.9. The lowest BCUT2D eigenvalue weighted by Gasteiger charge is -2.32. The summed E-state index contributed by atoms with van der Waals surface area (Å²) in [4.78, 5) is 22.4. The fraction of sp³-hybridized carbons (Fsp3) is 0.364. The van der Waals surface area contributed by atoms with Crippen molar-refractivity contribution >= 4 is 54.0 Å². The largest absolute Gasteiger partial charge is 0.304 e. The minimum absolute atomic E-state index is 0.0722. The zero-order chi connectivity index (χ0) is 23.8. The number of likely N-dealkylation sites (N-methyl/N-ethyl adjacent to an activating group) is 1. The third-order valence-electron chi connectivity index (χ3n) is 5.81. The van der Waals surface area contributed by atoms with Crippen LogP contribution in [-0.2, 0) is 16.4 Å². The second kappa shape index (κ2) is 9.71. The summed E-state index contributed by atoms with van der Waals surface area (Å²) < 4.78 is 27.0. The minimum atomic E-state index is -3.52. The molecule has 0 atom stereocenters. The maximum absolute atomic E-state index is 13.2. The summed E-state index contributed by atoms with van der Waals surface area (Å²) in [6, 6.07) is 8.13. The molecule has 1 aromatic heterocycles.